The first-order valence-corrected chi connectivity index (χ1v) is 13.3. The number of amidine groups is 1. The third-order valence-electron chi connectivity index (χ3n) is 4.85. The van der Waals surface area contributed by atoms with Gasteiger partial charge in [0, 0.05) is 18.7 Å². The number of benzene rings is 3. The van der Waals surface area contributed by atoms with E-state index >= 15 is 0 Å². The summed E-state index contributed by atoms with van der Waals surface area (Å²) in [5.74, 6) is -1.49. The average molecular weight is 574 g/mol. The van der Waals surface area contributed by atoms with E-state index in [9.17, 15) is 28.0 Å². The molecule has 0 radical (unpaired) electrons. The first kappa shape index (κ1) is 32.0. The molecule has 3 aromatic carbocycles. The van der Waals surface area contributed by atoms with Crippen molar-refractivity contribution in [2.24, 2.45) is 15.3 Å². The van der Waals surface area contributed by atoms with Crippen LogP contribution in [0.25, 0.3) is 0 Å². The van der Waals surface area contributed by atoms with Crippen LogP contribution in [0.4, 0.5) is 11.4 Å². The van der Waals surface area contributed by atoms with E-state index in [1.165, 1.54) is 12.1 Å². The van der Waals surface area contributed by atoms with Crippen LogP contribution in [0, 0.1) is 0 Å². The van der Waals surface area contributed by atoms with E-state index in [0.29, 0.717) is 18.7 Å². The van der Waals surface area contributed by atoms with E-state index in [1.807, 2.05) is 0 Å². The number of aromatic carboxylic acids is 1. The van der Waals surface area contributed by atoms with Crippen molar-refractivity contribution in [3.63, 3.8) is 0 Å². The summed E-state index contributed by atoms with van der Waals surface area (Å²) in [6, 6.07) is 17.7. The minimum Gasteiger partial charge on any atom is -0.506 e. The zero-order chi connectivity index (χ0) is 29.7. The van der Waals surface area contributed by atoms with Gasteiger partial charge in [-0.2, -0.15) is 13.5 Å². The van der Waals surface area contributed by atoms with Crippen molar-refractivity contribution in [3.05, 3.63) is 83.9 Å². The standard InChI is InChI=1S/C20H16N4O6S.C6H15NO2/c25-18-11-10-14(31(28,29)30)12-17(18)22-24-19(13-6-2-1-3-7-13)23-21-16-9-5-4-8-15(16)20(26)27;1-5(8)3-7-4-6(2)9/h1-12,21,25H,(H,26,27)(H,28,29,30);5-9H,3-4H2,1-2H3. The number of phenols is 1. The van der Waals surface area contributed by atoms with Gasteiger partial charge in [0.1, 0.15) is 11.4 Å². The van der Waals surface area contributed by atoms with E-state index in [0.717, 1.165) is 18.2 Å². The highest BCUT2D eigenvalue weighted by Crippen LogP contribution is 2.29. The Kier molecular flexibility index (Phi) is 12.3. The summed E-state index contributed by atoms with van der Waals surface area (Å²) < 4.78 is 31.8. The second-order valence-corrected chi connectivity index (χ2v) is 9.87. The van der Waals surface area contributed by atoms with Crippen LogP contribution in [-0.4, -0.2) is 70.5 Å². The molecule has 214 valence electrons. The summed E-state index contributed by atoms with van der Waals surface area (Å²) in [4.78, 5) is 10.9. The van der Waals surface area contributed by atoms with Crippen LogP contribution < -0.4 is 10.7 Å². The summed E-state index contributed by atoms with van der Waals surface area (Å²) in [7, 11) is -4.50. The maximum absolute atomic E-state index is 11.4. The third-order valence-corrected chi connectivity index (χ3v) is 5.70. The van der Waals surface area contributed by atoms with E-state index in [-0.39, 0.29) is 40.7 Å². The lowest BCUT2D eigenvalue weighted by Gasteiger charge is -2.07. The number of carboxylic acids is 1. The number of hydrazone groups is 1. The lowest BCUT2D eigenvalue weighted by atomic mass is 10.2. The quantitative estimate of drug-likeness (QED) is 0.0618. The molecule has 0 aliphatic heterocycles. The van der Waals surface area contributed by atoms with Crippen LogP contribution in [-0.2, 0) is 10.1 Å². The van der Waals surface area contributed by atoms with E-state index < -0.39 is 21.0 Å². The Morgan fingerprint density at radius 1 is 0.925 bits per heavy atom. The van der Waals surface area contributed by atoms with E-state index in [2.05, 4.69) is 26.1 Å². The Hall–Kier alpha value is -4.21. The molecule has 0 amide bonds. The fraction of sp³-hybridized carbons (Fsp3) is 0.231. The topological polar surface area (TPSA) is 213 Å². The van der Waals surface area contributed by atoms with Crippen LogP contribution in [0.3, 0.4) is 0 Å². The molecule has 0 bridgehead atoms. The summed E-state index contributed by atoms with van der Waals surface area (Å²) in [5, 5.41) is 51.5. The molecule has 0 fully saturated rings. The van der Waals surface area contributed by atoms with Gasteiger partial charge >= 0.3 is 5.97 Å². The van der Waals surface area contributed by atoms with Crippen LogP contribution in [0.2, 0.25) is 0 Å². The molecule has 0 spiro atoms. The molecular formula is C26H31N5O8S. The third kappa shape index (κ3) is 10.9. The molecule has 0 saturated carbocycles. The normalized spacial score (nSPS) is 13.3. The van der Waals surface area contributed by atoms with Gasteiger partial charge in [-0.15, -0.1) is 10.2 Å². The second-order valence-electron chi connectivity index (χ2n) is 8.45. The van der Waals surface area contributed by atoms with Gasteiger partial charge in [0.05, 0.1) is 28.4 Å². The number of para-hydroxylation sites is 1. The smallest absolute Gasteiger partial charge is 0.337 e. The highest BCUT2D eigenvalue weighted by atomic mass is 32.2. The zero-order valence-corrected chi connectivity index (χ0v) is 22.5. The van der Waals surface area contributed by atoms with E-state index in [4.69, 9.17) is 10.2 Å². The van der Waals surface area contributed by atoms with Crippen LogP contribution >= 0.6 is 0 Å². The first-order chi connectivity index (χ1) is 18.9. The summed E-state index contributed by atoms with van der Waals surface area (Å²) in [5.41, 5.74) is 3.14. The maximum Gasteiger partial charge on any atom is 0.337 e. The SMILES string of the molecule is CC(O)CNCC(C)O.O=C(O)c1ccccc1NN=C(N=Nc1cc(S(=O)(=O)O)ccc1O)c1ccccc1. The molecule has 0 saturated heterocycles. The molecule has 40 heavy (non-hydrogen) atoms. The molecule has 0 aromatic heterocycles. The predicted molar refractivity (Wildman–Crippen MR) is 149 cm³/mol. The Labute approximate surface area is 231 Å². The molecule has 0 aliphatic rings. The number of nitrogens with one attached hydrogen (secondary N) is 2. The highest BCUT2D eigenvalue weighted by molar-refractivity contribution is 7.85. The number of aliphatic hydroxyl groups is 2. The minimum absolute atomic E-state index is 0.00546. The molecule has 2 atom stereocenters. The van der Waals surface area contributed by atoms with E-state index in [1.54, 1.807) is 56.3 Å². The monoisotopic (exact) mass is 573 g/mol. The number of hydrogen-bond acceptors (Lipinski definition) is 10. The molecule has 0 heterocycles. The molecular weight excluding hydrogens is 542 g/mol. The minimum atomic E-state index is -4.50. The van der Waals surface area contributed by atoms with Crippen molar-refractivity contribution in [2.45, 2.75) is 31.0 Å². The van der Waals surface area contributed by atoms with Crippen molar-refractivity contribution >= 4 is 33.3 Å². The van der Waals surface area contributed by atoms with Gasteiger partial charge < -0.3 is 25.7 Å². The number of phenolic OH excluding ortho intramolecular Hbond substituents is 1. The number of azo groups is 1. The van der Waals surface area contributed by atoms with Crippen LogP contribution in [0.5, 0.6) is 5.75 Å². The zero-order valence-electron chi connectivity index (χ0n) is 21.7. The number of aliphatic hydroxyl groups excluding tert-OH is 2. The summed E-state index contributed by atoms with van der Waals surface area (Å²) >= 11 is 0. The first-order valence-electron chi connectivity index (χ1n) is 11.9. The fourth-order valence-electron chi connectivity index (χ4n) is 2.96. The van der Waals surface area contributed by atoms with Gasteiger partial charge in [-0.1, -0.05) is 42.5 Å². The Morgan fingerprint density at radius 2 is 1.52 bits per heavy atom. The average Bonchev–Trinajstić information content (AvgIpc) is 2.89. The lowest BCUT2D eigenvalue weighted by molar-refractivity contribution is 0.0697. The van der Waals surface area contributed by atoms with Gasteiger partial charge in [0.15, 0.2) is 0 Å². The number of carboxylic acid groups (broad SMARTS) is 1. The van der Waals surface area contributed by atoms with Crippen LogP contribution in [0.15, 0.2) is 93.0 Å². The molecule has 7 N–H and O–H groups in total. The number of hydrogen-bond donors (Lipinski definition) is 7. The van der Waals surface area contributed by atoms with Crippen molar-refractivity contribution in [1.82, 2.24) is 5.32 Å². The van der Waals surface area contributed by atoms with Crippen molar-refractivity contribution < 1.29 is 38.2 Å². The maximum atomic E-state index is 11.4. The lowest BCUT2D eigenvalue weighted by Crippen LogP contribution is -2.30. The number of aromatic hydroxyl groups is 1. The Morgan fingerprint density at radius 3 is 2.10 bits per heavy atom. The van der Waals surface area contributed by atoms with Gasteiger partial charge in [0.25, 0.3) is 10.1 Å². The molecule has 0 aliphatic carbocycles. The van der Waals surface area contributed by atoms with Crippen molar-refractivity contribution in [1.29, 1.82) is 0 Å². The summed E-state index contributed by atoms with van der Waals surface area (Å²) in [6.45, 7) is 4.50. The predicted octanol–water partition coefficient (Wildman–Crippen LogP) is 3.23. The number of anilines is 1. The molecule has 13 nitrogen and oxygen atoms in total. The van der Waals surface area contributed by atoms with Gasteiger partial charge in [-0.05, 0) is 44.2 Å². The van der Waals surface area contributed by atoms with Crippen LogP contribution in [0.1, 0.15) is 29.8 Å². The Bertz CT molecular complexity index is 1420. The van der Waals surface area contributed by atoms with Crippen molar-refractivity contribution in [2.75, 3.05) is 18.5 Å². The summed E-state index contributed by atoms with van der Waals surface area (Å²) in [6.07, 6.45) is -0.660. The number of rotatable bonds is 10. The Balaban J connectivity index is 0.000000536. The van der Waals surface area contributed by atoms with Gasteiger partial charge in [-0.3, -0.25) is 9.98 Å². The number of nitrogens with zero attached hydrogens (tertiary/aromatic N) is 3. The van der Waals surface area contributed by atoms with Gasteiger partial charge in [0.2, 0.25) is 5.84 Å². The van der Waals surface area contributed by atoms with Crippen molar-refractivity contribution in [3.8, 4) is 5.75 Å². The fourth-order valence-corrected chi connectivity index (χ4v) is 3.46. The van der Waals surface area contributed by atoms with Gasteiger partial charge in [-0.25, -0.2) is 4.79 Å². The molecule has 14 heteroatoms. The largest absolute Gasteiger partial charge is 0.506 e. The molecule has 3 rings (SSSR count). The second kappa shape index (κ2) is 15.4. The molecule has 2 unspecified atom stereocenters. The highest BCUT2D eigenvalue weighted by Gasteiger charge is 2.13. The molecule has 3 aromatic rings. The number of carbonyl (C=O) groups is 1.